The van der Waals surface area contributed by atoms with Crippen molar-refractivity contribution in [1.29, 1.82) is 0 Å². The molecule has 0 atom stereocenters. The van der Waals surface area contributed by atoms with Crippen LogP contribution in [0.15, 0.2) is 59.2 Å². The summed E-state index contributed by atoms with van der Waals surface area (Å²) < 4.78 is 5.52. The smallest absolute Gasteiger partial charge is 0.221 e. The number of benzene rings is 2. The molecule has 0 saturated carbocycles. The van der Waals surface area contributed by atoms with Gasteiger partial charge in [0, 0.05) is 35.8 Å². The Morgan fingerprint density at radius 2 is 1.90 bits per heavy atom. The van der Waals surface area contributed by atoms with Crippen LogP contribution in [-0.2, 0) is 11.3 Å². The number of carbonyl (C=O) groups excluding carboxylic acids is 1. The summed E-state index contributed by atoms with van der Waals surface area (Å²) in [6.07, 6.45) is 1.77. The van der Waals surface area contributed by atoms with Gasteiger partial charge in [-0.15, -0.1) is 0 Å². The van der Waals surface area contributed by atoms with Gasteiger partial charge in [0.2, 0.25) is 5.91 Å². The Morgan fingerprint density at radius 3 is 2.76 bits per heavy atom. The lowest BCUT2D eigenvalue weighted by Gasteiger charge is -2.08. The highest BCUT2D eigenvalue weighted by Crippen LogP contribution is 2.22. The average molecular weight is 280 g/mol. The van der Waals surface area contributed by atoms with E-state index in [0.717, 1.165) is 27.9 Å². The second-order valence-electron chi connectivity index (χ2n) is 4.87. The van der Waals surface area contributed by atoms with Gasteiger partial charge in [-0.3, -0.25) is 4.79 Å². The molecule has 3 rings (SSSR count). The monoisotopic (exact) mass is 280 g/mol. The van der Waals surface area contributed by atoms with E-state index in [2.05, 4.69) is 10.6 Å². The molecule has 0 radical (unpaired) electrons. The van der Waals surface area contributed by atoms with E-state index >= 15 is 0 Å². The number of hydrogen-bond acceptors (Lipinski definition) is 3. The second-order valence-corrected chi connectivity index (χ2v) is 4.87. The van der Waals surface area contributed by atoms with Crippen molar-refractivity contribution in [3.8, 4) is 0 Å². The Labute approximate surface area is 122 Å². The first-order valence-electron chi connectivity index (χ1n) is 6.79. The van der Waals surface area contributed by atoms with Crippen LogP contribution >= 0.6 is 0 Å². The lowest BCUT2D eigenvalue weighted by Crippen LogP contribution is -2.06. The fourth-order valence-electron chi connectivity index (χ4n) is 2.28. The third-order valence-electron chi connectivity index (χ3n) is 3.23. The molecule has 2 aromatic carbocycles. The van der Waals surface area contributed by atoms with Crippen LogP contribution in [0.2, 0.25) is 0 Å². The van der Waals surface area contributed by atoms with Gasteiger partial charge >= 0.3 is 0 Å². The molecule has 0 fully saturated rings. The van der Waals surface area contributed by atoms with E-state index in [9.17, 15) is 4.79 Å². The first-order chi connectivity index (χ1) is 10.2. The summed E-state index contributed by atoms with van der Waals surface area (Å²) in [7, 11) is 0. The molecule has 0 saturated heterocycles. The van der Waals surface area contributed by atoms with E-state index in [1.807, 2.05) is 48.5 Å². The van der Waals surface area contributed by atoms with Crippen LogP contribution in [-0.4, -0.2) is 5.91 Å². The van der Waals surface area contributed by atoms with E-state index < -0.39 is 0 Å². The van der Waals surface area contributed by atoms with Gasteiger partial charge in [-0.05, 0) is 24.3 Å². The number of para-hydroxylation sites is 1. The molecule has 0 spiro atoms. The molecule has 0 aliphatic rings. The van der Waals surface area contributed by atoms with Crippen molar-refractivity contribution in [1.82, 2.24) is 0 Å². The Morgan fingerprint density at radius 1 is 1.10 bits per heavy atom. The molecular formula is C17H16N2O2. The fraction of sp³-hybridized carbons (Fsp3) is 0.118. The normalized spacial score (nSPS) is 10.5. The first kappa shape index (κ1) is 13.2. The number of hydrogen-bond donors (Lipinski definition) is 2. The SMILES string of the molecule is CC(=O)Nc1cccc(NCc2coc3ccccc23)c1. The molecule has 2 N–H and O–H groups in total. The van der Waals surface area contributed by atoms with Crippen LogP contribution in [0.25, 0.3) is 11.0 Å². The quantitative estimate of drug-likeness (QED) is 0.759. The van der Waals surface area contributed by atoms with Gasteiger partial charge in [0.15, 0.2) is 0 Å². The predicted molar refractivity (Wildman–Crippen MR) is 84.3 cm³/mol. The van der Waals surface area contributed by atoms with Crippen LogP contribution in [0, 0.1) is 0 Å². The van der Waals surface area contributed by atoms with Crippen molar-refractivity contribution < 1.29 is 9.21 Å². The predicted octanol–water partition coefficient (Wildman–Crippen LogP) is 4.00. The zero-order valence-electron chi connectivity index (χ0n) is 11.7. The van der Waals surface area contributed by atoms with Crippen molar-refractivity contribution in [2.45, 2.75) is 13.5 Å². The lowest BCUT2D eigenvalue weighted by atomic mass is 10.2. The van der Waals surface area contributed by atoms with E-state index in [1.165, 1.54) is 6.92 Å². The maximum absolute atomic E-state index is 11.1. The van der Waals surface area contributed by atoms with Gasteiger partial charge in [-0.2, -0.15) is 0 Å². The van der Waals surface area contributed by atoms with Gasteiger partial charge in [0.1, 0.15) is 5.58 Å². The summed E-state index contributed by atoms with van der Waals surface area (Å²) in [6.45, 7) is 2.16. The molecule has 0 aliphatic carbocycles. The van der Waals surface area contributed by atoms with Gasteiger partial charge in [0.05, 0.1) is 6.26 Å². The number of furan rings is 1. The maximum atomic E-state index is 11.1. The van der Waals surface area contributed by atoms with Crippen LogP contribution < -0.4 is 10.6 Å². The minimum atomic E-state index is -0.0759. The number of anilines is 2. The number of rotatable bonds is 4. The molecule has 21 heavy (non-hydrogen) atoms. The Kier molecular flexibility index (Phi) is 3.60. The van der Waals surface area contributed by atoms with Gasteiger partial charge in [-0.1, -0.05) is 24.3 Å². The maximum Gasteiger partial charge on any atom is 0.221 e. The molecule has 1 heterocycles. The molecule has 1 aromatic heterocycles. The van der Waals surface area contributed by atoms with Crippen LogP contribution in [0.5, 0.6) is 0 Å². The Hall–Kier alpha value is -2.75. The minimum Gasteiger partial charge on any atom is -0.464 e. The molecule has 4 nitrogen and oxygen atoms in total. The Balaban J connectivity index is 1.74. The van der Waals surface area contributed by atoms with E-state index in [0.29, 0.717) is 6.54 Å². The Bertz CT molecular complexity index is 777. The zero-order valence-corrected chi connectivity index (χ0v) is 11.7. The summed E-state index contributed by atoms with van der Waals surface area (Å²) in [4.78, 5) is 11.1. The molecule has 0 aliphatic heterocycles. The van der Waals surface area contributed by atoms with Crippen molar-refractivity contribution in [2.24, 2.45) is 0 Å². The lowest BCUT2D eigenvalue weighted by molar-refractivity contribution is -0.114. The third kappa shape index (κ3) is 3.05. The number of nitrogens with one attached hydrogen (secondary N) is 2. The van der Waals surface area contributed by atoms with Crippen molar-refractivity contribution in [3.05, 3.63) is 60.4 Å². The molecule has 1 amide bonds. The summed E-state index contributed by atoms with van der Waals surface area (Å²) >= 11 is 0. The van der Waals surface area contributed by atoms with Gasteiger partial charge < -0.3 is 15.1 Å². The molecule has 0 unspecified atom stereocenters. The van der Waals surface area contributed by atoms with Gasteiger partial charge in [0.25, 0.3) is 0 Å². The summed E-state index contributed by atoms with van der Waals surface area (Å²) in [5, 5.41) is 7.23. The van der Waals surface area contributed by atoms with Crippen molar-refractivity contribution in [3.63, 3.8) is 0 Å². The highest BCUT2D eigenvalue weighted by molar-refractivity contribution is 5.89. The summed E-state index contributed by atoms with van der Waals surface area (Å²) in [5.41, 5.74) is 3.73. The van der Waals surface area contributed by atoms with E-state index in [4.69, 9.17) is 4.42 Å². The second kappa shape index (κ2) is 5.71. The third-order valence-corrected chi connectivity index (χ3v) is 3.23. The minimum absolute atomic E-state index is 0.0759. The first-order valence-corrected chi connectivity index (χ1v) is 6.79. The largest absolute Gasteiger partial charge is 0.464 e. The average Bonchev–Trinajstić information content (AvgIpc) is 2.88. The molecular weight excluding hydrogens is 264 g/mol. The van der Waals surface area contributed by atoms with E-state index in [-0.39, 0.29) is 5.91 Å². The van der Waals surface area contributed by atoms with Gasteiger partial charge in [-0.25, -0.2) is 0 Å². The van der Waals surface area contributed by atoms with Crippen LogP contribution in [0.3, 0.4) is 0 Å². The number of fused-ring (bicyclic) bond motifs is 1. The van der Waals surface area contributed by atoms with Crippen LogP contribution in [0.1, 0.15) is 12.5 Å². The number of amides is 1. The standard InChI is InChI=1S/C17H16N2O2/c1-12(20)19-15-6-4-5-14(9-15)18-10-13-11-21-17-8-3-2-7-16(13)17/h2-9,11,18H,10H2,1H3,(H,19,20). The highest BCUT2D eigenvalue weighted by atomic mass is 16.3. The zero-order chi connectivity index (χ0) is 14.7. The molecule has 4 heteroatoms. The molecule has 0 bridgehead atoms. The topological polar surface area (TPSA) is 54.3 Å². The fourth-order valence-corrected chi connectivity index (χ4v) is 2.28. The molecule has 106 valence electrons. The van der Waals surface area contributed by atoms with Crippen LogP contribution in [0.4, 0.5) is 11.4 Å². The molecule has 3 aromatic rings. The van der Waals surface area contributed by atoms with Crippen molar-refractivity contribution in [2.75, 3.05) is 10.6 Å². The summed E-state index contributed by atoms with van der Waals surface area (Å²) in [5.74, 6) is -0.0759. The summed E-state index contributed by atoms with van der Waals surface area (Å²) in [6, 6.07) is 15.6. The van der Waals surface area contributed by atoms with Crippen molar-refractivity contribution >= 4 is 28.3 Å². The van der Waals surface area contributed by atoms with E-state index in [1.54, 1.807) is 6.26 Å². The number of carbonyl (C=O) groups is 1. The highest BCUT2D eigenvalue weighted by Gasteiger charge is 2.05.